The summed E-state index contributed by atoms with van der Waals surface area (Å²) in [5, 5.41) is 36.5. The molecule has 4 heteroatoms. The number of aliphatic hydroxyl groups is 4. The van der Waals surface area contributed by atoms with Crippen molar-refractivity contribution in [2.24, 2.45) is 22.7 Å². The van der Waals surface area contributed by atoms with Crippen LogP contribution in [0.2, 0.25) is 0 Å². The van der Waals surface area contributed by atoms with Crippen LogP contribution >= 0.6 is 0 Å². The summed E-state index contributed by atoms with van der Waals surface area (Å²) in [6, 6.07) is 0. The largest absolute Gasteiger partial charge is 0.396 e. The topological polar surface area (TPSA) is 80.9 Å². The molecular formula is C47H90O4. The van der Waals surface area contributed by atoms with Crippen molar-refractivity contribution in [3.63, 3.8) is 0 Å². The molecule has 0 aromatic heterocycles. The minimum absolute atomic E-state index is 0.349. The summed E-state index contributed by atoms with van der Waals surface area (Å²) in [4.78, 5) is 0. The highest BCUT2D eigenvalue weighted by molar-refractivity contribution is 5.24. The van der Waals surface area contributed by atoms with Crippen LogP contribution < -0.4 is 0 Å². The molecular weight excluding hydrogens is 629 g/mol. The van der Waals surface area contributed by atoms with E-state index in [1.807, 2.05) is 0 Å². The summed E-state index contributed by atoms with van der Waals surface area (Å²) >= 11 is 0. The van der Waals surface area contributed by atoms with E-state index in [2.05, 4.69) is 12.2 Å². The monoisotopic (exact) mass is 719 g/mol. The fourth-order valence-corrected chi connectivity index (χ4v) is 10.7. The number of allylic oxidation sites excluding steroid dienone is 2. The number of rotatable bonds is 40. The van der Waals surface area contributed by atoms with Gasteiger partial charge in [0.1, 0.15) is 0 Å². The highest BCUT2D eigenvalue weighted by Crippen LogP contribution is 2.71. The smallest absolute Gasteiger partial charge is 0.0431 e. The minimum atomic E-state index is 0.349. The van der Waals surface area contributed by atoms with Gasteiger partial charge in [0.2, 0.25) is 0 Å². The maximum atomic E-state index is 9.13. The number of unbranched alkanes of at least 4 members (excludes halogenated alkanes) is 28. The van der Waals surface area contributed by atoms with Gasteiger partial charge in [-0.3, -0.25) is 0 Å². The van der Waals surface area contributed by atoms with Crippen LogP contribution in [0.1, 0.15) is 238 Å². The number of hydrogen-bond donors (Lipinski definition) is 4. The molecule has 1 fully saturated rings. The quantitative estimate of drug-likeness (QED) is 0.0375. The van der Waals surface area contributed by atoms with Crippen LogP contribution in [-0.4, -0.2) is 46.9 Å². The van der Waals surface area contributed by atoms with Crippen LogP contribution in [0.25, 0.3) is 0 Å². The van der Waals surface area contributed by atoms with Gasteiger partial charge >= 0.3 is 0 Å². The first kappa shape index (κ1) is 46.7. The van der Waals surface area contributed by atoms with Gasteiger partial charge in [-0.2, -0.15) is 0 Å². The first-order valence-corrected chi connectivity index (χ1v) is 23.3. The Morgan fingerprint density at radius 3 is 0.647 bits per heavy atom. The lowest BCUT2D eigenvalue weighted by Gasteiger charge is -2.54. The highest BCUT2D eigenvalue weighted by Gasteiger charge is 2.63. The van der Waals surface area contributed by atoms with E-state index < -0.39 is 0 Å². The average Bonchev–Trinajstić information content (AvgIpc) is 3.73. The Hall–Kier alpha value is -0.420. The van der Waals surface area contributed by atoms with Crippen molar-refractivity contribution in [2.45, 2.75) is 238 Å². The molecule has 302 valence electrons. The van der Waals surface area contributed by atoms with Crippen molar-refractivity contribution in [1.29, 1.82) is 0 Å². The standard InChI is InChI=1S/C47H90O4/c48-39-29-21-13-5-1-9-17-25-35-46(36-26-18-10-2-6-14-22-30-40-49)44-33-34-45(43-44)47(46,37-27-19-11-3-7-15-23-31-41-50)38-28-20-12-4-8-16-24-32-42-51/h33-34,44-45,48-51H,1-32,35-43H2. The molecule has 2 unspecified atom stereocenters. The molecule has 2 aliphatic carbocycles. The van der Waals surface area contributed by atoms with E-state index in [0.717, 1.165) is 37.5 Å². The van der Waals surface area contributed by atoms with E-state index in [9.17, 15) is 0 Å². The Bertz CT molecular complexity index is 674. The summed E-state index contributed by atoms with van der Waals surface area (Å²) in [6.45, 7) is 1.40. The highest BCUT2D eigenvalue weighted by atomic mass is 16.3. The zero-order valence-electron chi connectivity index (χ0n) is 34.1. The van der Waals surface area contributed by atoms with Crippen LogP contribution in [-0.2, 0) is 0 Å². The maximum Gasteiger partial charge on any atom is 0.0431 e. The van der Waals surface area contributed by atoms with Gasteiger partial charge in [-0.05, 0) is 80.5 Å². The zero-order valence-corrected chi connectivity index (χ0v) is 34.1. The second kappa shape index (κ2) is 31.9. The molecule has 4 nitrogen and oxygen atoms in total. The van der Waals surface area contributed by atoms with E-state index in [0.29, 0.717) is 37.3 Å². The Balaban J connectivity index is 2.07. The first-order valence-electron chi connectivity index (χ1n) is 23.3. The fraction of sp³-hybridized carbons (Fsp3) is 0.957. The molecule has 0 radical (unpaired) electrons. The molecule has 1 saturated carbocycles. The van der Waals surface area contributed by atoms with Crippen LogP contribution in [0.4, 0.5) is 0 Å². The van der Waals surface area contributed by atoms with Crippen molar-refractivity contribution >= 4 is 0 Å². The Morgan fingerprint density at radius 2 is 0.451 bits per heavy atom. The molecule has 0 amide bonds. The third-order valence-corrected chi connectivity index (χ3v) is 13.6. The second-order valence-electron chi connectivity index (χ2n) is 17.4. The van der Waals surface area contributed by atoms with E-state index >= 15 is 0 Å². The third-order valence-electron chi connectivity index (χ3n) is 13.6. The van der Waals surface area contributed by atoms with Crippen molar-refractivity contribution < 1.29 is 20.4 Å². The maximum absolute atomic E-state index is 9.13. The van der Waals surface area contributed by atoms with Crippen molar-refractivity contribution in [3.05, 3.63) is 12.2 Å². The van der Waals surface area contributed by atoms with Gasteiger partial charge in [0, 0.05) is 26.4 Å². The zero-order chi connectivity index (χ0) is 36.6. The molecule has 2 atom stereocenters. The molecule has 0 heterocycles. The normalized spacial score (nSPS) is 18.7. The van der Waals surface area contributed by atoms with Gasteiger partial charge in [-0.15, -0.1) is 0 Å². The minimum Gasteiger partial charge on any atom is -0.396 e. The van der Waals surface area contributed by atoms with Gasteiger partial charge in [0.05, 0.1) is 0 Å². The molecule has 51 heavy (non-hydrogen) atoms. The molecule has 0 saturated heterocycles. The van der Waals surface area contributed by atoms with Crippen molar-refractivity contribution in [2.75, 3.05) is 26.4 Å². The fourth-order valence-electron chi connectivity index (χ4n) is 10.7. The molecule has 0 aliphatic heterocycles. The Labute approximate surface area is 318 Å². The lowest BCUT2D eigenvalue weighted by molar-refractivity contribution is -0.0229. The van der Waals surface area contributed by atoms with Gasteiger partial charge in [0.15, 0.2) is 0 Å². The molecule has 2 aliphatic rings. The van der Waals surface area contributed by atoms with Gasteiger partial charge < -0.3 is 20.4 Å². The average molecular weight is 719 g/mol. The summed E-state index contributed by atoms with van der Waals surface area (Å²) in [5.41, 5.74) is 1.01. The second-order valence-corrected chi connectivity index (χ2v) is 17.4. The summed E-state index contributed by atoms with van der Waals surface area (Å²) < 4.78 is 0. The third kappa shape index (κ3) is 18.6. The van der Waals surface area contributed by atoms with Crippen LogP contribution in [0.15, 0.2) is 12.2 Å². The molecule has 0 aromatic carbocycles. The molecule has 2 bridgehead atoms. The molecule has 4 N–H and O–H groups in total. The van der Waals surface area contributed by atoms with E-state index in [1.54, 1.807) is 0 Å². The van der Waals surface area contributed by atoms with E-state index in [4.69, 9.17) is 20.4 Å². The predicted molar refractivity (Wildman–Crippen MR) is 220 cm³/mol. The van der Waals surface area contributed by atoms with Crippen LogP contribution in [0, 0.1) is 22.7 Å². The van der Waals surface area contributed by atoms with Crippen molar-refractivity contribution in [3.8, 4) is 0 Å². The summed E-state index contributed by atoms with van der Waals surface area (Å²) in [7, 11) is 0. The number of hydrogen-bond acceptors (Lipinski definition) is 4. The number of aliphatic hydroxyl groups excluding tert-OH is 4. The van der Waals surface area contributed by atoms with Crippen LogP contribution in [0.3, 0.4) is 0 Å². The Kier molecular flexibility index (Phi) is 29.2. The summed E-state index contributed by atoms with van der Waals surface area (Å²) in [6.07, 6.45) is 54.1. The Morgan fingerprint density at radius 1 is 0.275 bits per heavy atom. The molecule has 0 aromatic rings. The predicted octanol–water partition coefficient (Wildman–Crippen LogP) is 13.2. The van der Waals surface area contributed by atoms with Gasteiger partial charge in [-0.25, -0.2) is 0 Å². The van der Waals surface area contributed by atoms with Gasteiger partial charge in [-0.1, -0.05) is 192 Å². The SMILES string of the molecule is OCCCCCCCCCCC1(CCCCCCCCCCO)C2C=CC(C2)C1(CCCCCCCCCCO)CCCCCCCCCCO. The molecule has 2 rings (SSSR count). The first-order chi connectivity index (χ1) is 25.2. The number of fused-ring (bicyclic) bond motifs is 2. The lowest BCUT2D eigenvalue weighted by Crippen LogP contribution is -2.45. The van der Waals surface area contributed by atoms with Gasteiger partial charge in [0.25, 0.3) is 0 Å². The van der Waals surface area contributed by atoms with E-state index in [-0.39, 0.29) is 0 Å². The van der Waals surface area contributed by atoms with E-state index in [1.165, 1.54) is 212 Å². The lowest BCUT2D eigenvalue weighted by atomic mass is 9.51. The summed E-state index contributed by atoms with van der Waals surface area (Å²) in [5.74, 6) is 1.61. The van der Waals surface area contributed by atoms with Crippen molar-refractivity contribution in [1.82, 2.24) is 0 Å². The van der Waals surface area contributed by atoms with Crippen LogP contribution in [0.5, 0.6) is 0 Å². The molecule has 0 spiro atoms.